The predicted molar refractivity (Wildman–Crippen MR) is 60.9 cm³/mol. The lowest BCUT2D eigenvalue weighted by molar-refractivity contribution is -0.238. The molecule has 2 rings (SSSR count). The van der Waals surface area contributed by atoms with Gasteiger partial charge in [-0.3, -0.25) is 0 Å². The Morgan fingerprint density at radius 3 is 2.93 bits per heavy atom. The summed E-state index contributed by atoms with van der Waals surface area (Å²) in [6.07, 6.45) is 9.00. The van der Waals surface area contributed by atoms with Gasteiger partial charge in [-0.1, -0.05) is 6.08 Å². The van der Waals surface area contributed by atoms with Gasteiger partial charge in [0.15, 0.2) is 0 Å². The molecule has 0 unspecified atom stereocenters. The first-order valence-corrected chi connectivity index (χ1v) is 5.95. The van der Waals surface area contributed by atoms with Crippen molar-refractivity contribution in [3.8, 4) is 0 Å². The van der Waals surface area contributed by atoms with Gasteiger partial charge in [0.25, 0.3) is 0 Å². The van der Waals surface area contributed by atoms with E-state index in [1.807, 2.05) is 13.2 Å². The van der Waals surface area contributed by atoms with Crippen LogP contribution in [0.4, 0.5) is 0 Å². The van der Waals surface area contributed by atoms with Crippen molar-refractivity contribution >= 4 is 0 Å². The summed E-state index contributed by atoms with van der Waals surface area (Å²) in [5, 5.41) is 0. The van der Waals surface area contributed by atoms with Crippen LogP contribution in [0, 0.1) is 0 Å². The number of methoxy groups -OCH3 is 1. The lowest BCUT2D eigenvalue weighted by Gasteiger charge is -2.53. The molecule has 2 heteroatoms. The van der Waals surface area contributed by atoms with Gasteiger partial charge < -0.3 is 9.47 Å². The number of rotatable bonds is 3. The van der Waals surface area contributed by atoms with Crippen LogP contribution >= 0.6 is 0 Å². The van der Waals surface area contributed by atoms with Crippen molar-refractivity contribution in [2.24, 2.45) is 0 Å². The maximum Gasteiger partial charge on any atom is 0.0748 e. The van der Waals surface area contributed by atoms with Gasteiger partial charge in [-0.05, 0) is 32.6 Å². The fraction of sp³-hybridized carbons (Fsp3) is 0.846. The molecule has 0 spiro atoms. The molecule has 0 radical (unpaired) electrons. The van der Waals surface area contributed by atoms with Gasteiger partial charge in [0.2, 0.25) is 0 Å². The van der Waals surface area contributed by atoms with E-state index in [2.05, 4.69) is 13.5 Å². The van der Waals surface area contributed by atoms with Crippen LogP contribution in [-0.2, 0) is 9.47 Å². The van der Waals surface area contributed by atoms with Crippen molar-refractivity contribution in [1.82, 2.24) is 0 Å². The second-order valence-corrected chi connectivity index (χ2v) is 5.35. The fourth-order valence-corrected chi connectivity index (χ4v) is 3.32. The van der Waals surface area contributed by atoms with Crippen LogP contribution in [0.1, 0.15) is 45.4 Å². The minimum atomic E-state index is 0.0215. The van der Waals surface area contributed by atoms with E-state index >= 15 is 0 Å². The Labute approximate surface area is 92.6 Å². The second kappa shape index (κ2) is 3.91. The zero-order valence-electron chi connectivity index (χ0n) is 9.92. The van der Waals surface area contributed by atoms with E-state index in [0.717, 1.165) is 25.7 Å². The summed E-state index contributed by atoms with van der Waals surface area (Å²) in [7, 11) is 1.82. The maximum absolute atomic E-state index is 6.32. The van der Waals surface area contributed by atoms with Crippen molar-refractivity contribution in [3.63, 3.8) is 0 Å². The molecule has 2 saturated heterocycles. The highest BCUT2D eigenvalue weighted by Gasteiger charge is 2.49. The van der Waals surface area contributed by atoms with E-state index in [0.29, 0.717) is 6.10 Å². The first kappa shape index (κ1) is 11.2. The second-order valence-electron chi connectivity index (χ2n) is 5.35. The largest absolute Gasteiger partial charge is 0.381 e. The van der Waals surface area contributed by atoms with Crippen molar-refractivity contribution < 1.29 is 9.47 Å². The Morgan fingerprint density at radius 2 is 2.27 bits per heavy atom. The summed E-state index contributed by atoms with van der Waals surface area (Å²) in [6, 6.07) is 0. The average Bonchev–Trinajstić information content (AvgIpc) is 2.15. The Balaban J connectivity index is 2.18. The molecule has 2 aliphatic heterocycles. The third-order valence-corrected chi connectivity index (χ3v) is 3.91. The number of ether oxygens (including phenoxy) is 2. The molecule has 0 aromatic heterocycles. The fourth-order valence-electron chi connectivity index (χ4n) is 3.32. The summed E-state index contributed by atoms with van der Waals surface area (Å²) in [4.78, 5) is 0. The monoisotopic (exact) mass is 210 g/mol. The quantitative estimate of drug-likeness (QED) is 0.666. The predicted octanol–water partition coefficient (Wildman–Crippen LogP) is 3.07. The Morgan fingerprint density at radius 1 is 1.47 bits per heavy atom. The van der Waals surface area contributed by atoms with E-state index in [1.165, 1.54) is 12.8 Å². The molecule has 0 saturated carbocycles. The standard InChI is InChI=1S/C13H22O2/c1-4-6-13-8-5-7-12(2,15-13)9-11(10-13)14-3/h4,11H,1,5-10H2,2-3H3/t11-,12-,13+/m1/s1. The Kier molecular flexibility index (Phi) is 2.91. The van der Waals surface area contributed by atoms with E-state index in [1.54, 1.807) is 0 Å². The number of fused-ring (bicyclic) bond motifs is 2. The van der Waals surface area contributed by atoms with E-state index in [-0.39, 0.29) is 11.2 Å². The minimum absolute atomic E-state index is 0.0215. The SMILES string of the molecule is C=CC[C@]12CCC[C@](C)(C[C@@H](OC)C1)O2. The van der Waals surface area contributed by atoms with Gasteiger partial charge in [-0.2, -0.15) is 0 Å². The summed E-state index contributed by atoms with van der Waals surface area (Å²) in [5.41, 5.74) is 0.0634. The average molecular weight is 210 g/mol. The Hall–Kier alpha value is -0.340. The first-order valence-electron chi connectivity index (χ1n) is 5.95. The highest BCUT2D eigenvalue weighted by Crippen LogP contribution is 2.47. The highest BCUT2D eigenvalue weighted by molar-refractivity contribution is 5.02. The lowest BCUT2D eigenvalue weighted by Crippen LogP contribution is -2.55. The van der Waals surface area contributed by atoms with E-state index < -0.39 is 0 Å². The van der Waals surface area contributed by atoms with Gasteiger partial charge in [0.1, 0.15) is 0 Å². The van der Waals surface area contributed by atoms with Gasteiger partial charge >= 0.3 is 0 Å². The summed E-state index contributed by atoms with van der Waals surface area (Å²) < 4.78 is 11.9. The summed E-state index contributed by atoms with van der Waals surface area (Å²) in [6.45, 7) is 6.08. The molecule has 2 bridgehead atoms. The zero-order valence-corrected chi connectivity index (χ0v) is 9.92. The van der Waals surface area contributed by atoms with Crippen LogP contribution in [0.5, 0.6) is 0 Å². The number of hydrogen-bond donors (Lipinski definition) is 0. The van der Waals surface area contributed by atoms with Crippen molar-refractivity contribution in [1.29, 1.82) is 0 Å². The molecule has 2 fully saturated rings. The molecule has 0 aromatic rings. The van der Waals surface area contributed by atoms with Crippen LogP contribution < -0.4 is 0 Å². The third kappa shape index (κ3) is 2.11. The molecule has 0 aromatic carbocycles. The highest BCUT2D eigenvalue weighted by atomic mass is 16.5. The molecule has 15 heavy (non-hydrogen) atoms. The number of hydrogen-bond acceptors (Lipinski definition) is 2. The van der Waals surface area contributed by atoms with Crippen LogP contribution in [0.15, 0.2) is 12.7 Å². The lowest BCUT2D eigenvalue weighted by atomic mass is 9.73. The van der Waals surface area contributed by atoms with Gasteiger partial charge in [-0.15, -0.1) is 6.58 Å². The molecular weight excluding hydrogens is 188 g/mol. The summed E-state index contributed by atoms with van der Waals surface area (Å²) in [5.74, 6) is 0. The molecule has 86 valence electrons. The van der Waals surface area contributed by atoms with Crippen LogP contribution in [0.2, 0.25) is 0 Å². The first-order chi connectivity index (χ1) is 7.11. The third-order valence-electron chi connectivity index (χ3n) is 3.91. The molecular formula is C13H22O2. The molecule has 0 aliphatic carbocycles. The normalized spacial score (nSPS) is 45.1. The molecule has 3 atom stereocenters. The van der Waals surface area contributed by atoms with Gasteiger partial charge in [0, 0.05) is 20.0 Å². The molecule has 2 nitrogen and oxygen atoms in total. The van der Waals surface area contributed by atoms with Crippen molar-refractivity contribution in [2.45, 2.75) is 62.8 Å². The summed E-state index contributed by atoms with van der Waals surface area (Å²) >= 11 is 0. The Bertz CT molecular complexity index is 251. The van der Waals surface area contributed by atoms with Crippen LogP contribution in [0.25, 0.3) is 0 Å². The van der Waals surface area contributed by atoms with Crippen molar-refractivity contribution in [2.75, 3.05) is 7.11 Å². The van der Waals surface area contributed by atoms with Crippen LogP contribution in [0.3, 0.4) is 0 Å². The molecule has 0 amide bonds. The maximum atomic E-state index is 6.32. The van der Waals surface area contributed by atoms with Crippen LogP contribution in [-0.4, -0.2) is 24.4 Å². The van der Waals surface area contributed by atoms with Crippen molar-refractivity contribution in [3.05, 3.63) is 12.7 Å². The van der Waals surface area contributed by atoms with Gasteiger partial charge in [-0.25, -0.2) is 0 Å². The molecule has 2 aliphatic rings. The zero-order chi connectivity index (χ0) is 10.9. The topological polar surface area (TPSA) is 18.5 Å². The minimum Gasteiger partial charge on any atom is -0.381 e. The smallest absolute Gasteiger partial charge is 0.0748 e. The van der Waals surface area contributed by atoms with Gasteiger partial charge in [0.05, 0.1) is 17.3 Å². The molecule has 0 N–H and O–H groups in total. The molecule has 2 heterocycles. The van der Waals surface area contributed by atoms with E-state index in [9.17, 15) is 0 Å². The van der Waals surface area contributed by atoms with E-state index in [4.69, 9.17) is 9.47 Å².